The summed E-state index contributed by atoms with van der Waals surface area (Å²) < 4.78 is 0. The van der Waals surface area contributed by atoms with Gasteiger partial charge in [-0.25, -0.2) is 9.69 Å². The number of imide groups is 1. The summed E-state index contributed by atoms with van der Waals surface area (Å²) in [5, 5.41) is 3.97. The third-order valence-corrected chi connectivity index (χ3v) is 6.65. The van der Waals surface area contributed by atoms with E-state index in [-0.39, 0.29) is 17.8 Å². The minimum Gasteiger partial charge on any atom is -0.356 e. The maximum atomic E-state index is 13.7. The van der Waals surface area contributed by atoms with Gasteiger partial charge in [0, 0.05) is 29.6 Å². The molecule has 0 bridgehead atoms. The fourth-order valence-electron chi connectivity index (χ4n) is 4.89. The highest BCUT2D eigenvalue weighted by Gasteiger charge is 2.59. The number of hydrogen-bond donors (Lipinski definition) is 2. The first-order chi connectivity index (χ1) is 15.5. The van der Waals surface area contributed by atoms with Crippen LogP contribution in [0.2, 0.25) is 0 Å². The van der Waals surface area contributed by atoms with Gasteiger partial charge >= 0.3 is 6.03 Å². The minimum atomic E-state index is -1.11. The molecule has 5 rings (SSSR count). The molecule has 7 heteroatoms. The number of urea groups is 1. The second-order valence-electron chi connectivity index (χ2n) is 8.58. The molecule has 1 unspecified atom stereocenters. The van der Waals surface area contributed by atoms with E-state index in [4.69, 9.17) is 0 Å². The predicted molar refractivity (Wildman–Crippen MR) is 123 cm³/mol. The number of H-pyrrole nitrogens is 1. The Labute approximate surface area is 186 Å². The van der Waals surface area contributed by atoms with Crippen LogP contribution in [0, 0.1) is 0 Å². The molecule has 2 N–H and O–H groups in total. The zero-order chi connectivity index (χ0) is 22.5. The Morgan fingerprint density at radius 1 is 1.16 bits per heavy atom. The molecule has 0 spiro atoms. The largest absolute Gasteiger partial charge is 0.356 e. The number of carbonyl (C=O) groups is 3. The zero-order valence-corrected chi connectivity index (χ0v) is 18.3. The van der Waals surface area contributed by atoms with Crippen molar-refractivity contribution in [1.82, 2.24) is 15.2 Å². The van der Waals surface area contributed by atoms with E-state index in [2.05, 4.69) is 17.2 Å². The summed E-state index contributed by atoms with van der Waals surface area (Å²) in [6, 6.07) is 14.3. The van der Waals surface area contributed by atoms with Crippen LogP contribution in [-0.4, -0.2) is 40.8 Å². The van der Waals surface area contributed by atoms with Gasteiger partial charge in [-0.3, -0.25) is 9.59 Å². The molecule has 0 aliphatic carbocycles. The summed E-state index contributed by atoms with van der Waals surface area (Å²) in [5.74, 6) is -0.514. The van der Waals surface area contributed by atoms with E-state index < -0.39 is 5.54 Å². The number of benzene rings is 2. The second-order valence-corrected chi connectivity index (χ2v) is 8.58. The molecule has 4 amide bonds. The van der Waals surface area contributed by atoms with Gasteiger partial charge in [0.1, 0.15) is 0 Å². The molecule has 3 aromatic rings. The normalized spacial score (nSPS) is 19.9. The lowest BCUT2D eigenvalue weighted by Crippen LogP contribution is -2.49. The summed E-state index contributed by atoms with van der Waals surface area (Å²) in [5.41, 5.74) is 2.57. The standard InChI is InChI=1S/C25H26N4O3/c1-3-4-13-26-22(30)16-8-7-9-17(15-16)29-23(31)25(2)21-19(12-14-28(25)24(29)32)18-10-5-6-11-20(18)27-21/h5-11,15,27H,3-4,12-14H2,1-2H3,(H,26,30). The highest BCUT2D eigenvalue weighted by molar-refractivity contribution is 6.24. The minimum absolute atomic E-state index is 0.207. The lowest BCUT2D eigenvalue weighted by molar-refractivity contribution is -0.125. The third-order valence-electron chi connectivity index (χ3n) is 6.65. The van der Waals surface area contributed by atoms with Crippen LogP contribution in [0.15, 0.2) is 48.5 Å². The molecule has 2 aromatic carbocycles. The maximum Gasteiger partial charge on any atom is 0.332 e. The van der Waals surface area contributed by atoms with Gasteiger partial charge in [-0.1, -0.05) is 37.6 Å². The van der Waals surface area contributed by atoms with Gasteiger partial charge in [0.25, 0.3) is 11.8 Å². The van der Waals surface area contributed by atoms with E-state index in [0.717, 1.165) is 35.0 Å². The van der Waals surface area contributed by atoms with Crippen LogP contribution in [0.3, 0.4) is 0 Å². The number of fused-ring (bicyclic) bond motifs is 5. The Morgan fingerprint density at radius 3 is 2.78 bits per heavy atom. The number of aromatic amines is 1. The van der Waals surface area contributed by atoms with Crippen molar-refractivity contribution in [3.8, 4) is 0 Å². The highest BCUT2D eigenvalue weighted by Crippen LogP contribution is 2.45. The summed E-state index contributed by atoms with van der Waals surface area (Å²) in [7, 11) is 0. The zero-order valence-electron chi connectivity index (χ0n) is 18.3. The number of hydrogen-bond acceptors (Lipinski definition) is 3. The molecule has 0 radical (unpaired) electrons. The van der Waals surface area contributed by atoms with E-state index in [9.17, 15) is 14.4 Å². The average Bonchev–Trinajstić information content (AvgIpc) is 3.28. The van der Waals surface area contributed by atoms with Gasteiger partial charge in [-0.2, -0.15) is 0 Å². The topological polar surface area (TPSA) is 85.5 Å². The van der Waals surface area contributed by atoms with Gasteiger partial charge in [-0.05, 0) is 49.6 Å². The molecule has 1 saturated heterocycles. The number of para-hydroxylation sites is 1. The van der Waals surface area contributed by atoms with Gasteiger partial charge in [0.15, 0.2) is 5.54 Å². The Hall–Kier alpha value is -3.61. The maximum absolute atomic E-state index is 13.7. The molecular formula is C25H26N4O3. The molecule has 7 nitrogen and oxygen atoms in total. The SMILES string of the molecule is CCCCNC(=O)c1cccc(N2C(=O)N3CCc4c([nH]c5ccccc45)C3(C)C2=O)c1. The first-order valence-electron chi connectivity index (χ1n) is 11.1. The fourth-order valence-corrected chi connectivity index (χ4v) is 4.89. The quantitative estimate of drug-likeness (QED) is 0.475. The monoisotopic (exact) mass is 430 g/mol. The molecule has 164 valence electrons. The van der Waals surface area contributed by atoms with Crippen LogP contribution in [0.25, 0.3) is 10.9 Å². The molecule has 32 heavy (non-hydrogen) atoms. The molecule has 0 saturated carbocycles. The number of amides is 4. The van der Waals surface area contributed by atoms with Crippen molar-refractivity contribution in [3.63, 3.8) is 0 Å². The number of unbranched alkanes of at least 4 members (excludes halogenated alkanes) is 1. The number of anilines is 1. The van der Waals surface area contributed by atoms with Crippen molar-refractivity contribution < 1.29 is 14.4 Å². The second kappa shape index (κ2) is 7.51. The van der Waals surface area contributed by atoms with Crippen LogP contribution in [0.1, 0.15) is 48.3 Å². The lowest BCUT2D eigenvalue weighted by Gasteiger charge is -2.35. The van der Waals surface area contributed by atoms with Crippen molar-refractivity contribution >= 4 is 34.4 Å². The van der Waals surface area contributed by atoms with Crippen LogP contribution in [0.5, 0.6) is 0 Å². The molecular weight excluding hydrogens is 404 g/mol. The summed E-state index contributed by atoms with van der Waals surface area (Å²) in [4.78, 5) is 45.9. The van der Waals surface area contributed by atoms with E-state index in [1.54, 1.807) is 29.2 Å². The number of rotatable bonds is 5. The molecule has 2 aliphatic heterocycles. The van der Waals surface area contributed by atoms with Crippen LogP contribution >= 0.6 is 0 Å². The molecule has 1 aromatic heterocycles. The van der Waals surface area contributed by atoms with Crippen LogP contribution in [0.4, 0.5) is 10.5 Å². The summed E-state index contributed by atoms with van der Waals surface area (Å²) in [6.07, 6.45) is 2.57. The molecule has 1 atom stereocenters. The van der Waals surface area contributed by atoms with Gasteiger partial charge in [0.2, 0.25) is 0 Å². The Balaban J connectivity index is 1.52. The predicted octanol–water partition coefficient (Wildman–Crippen LogP) is 3.94. The number of carbonyl (C=O) groups excluding carboxylic acids is 3. The average molecular weight is 431 g/mol. The summed E-state index contributed by atoms with van der Waals surface area (Å²) in [6.45, 7) is 4.92. The molecule has 2 aliphatic rings. The van der Waals surface area contributed by atoms with E-state index in [1.165, 1.54) is 4.90 Å². The van der Waals surface area contributed by atoms with Crippen molar-refractivity contribution in [3.05, 3.63) is 65.4 Å². The Morgan fingerprint density at radius 2 is 1.97 bits per heavy atom. The van der Waals surface area contributed by atoms with Crippen LogP contribution < -0.4 is 10.2 Å². The molecule has 3 heterocycles. The number of nitrogens with one attached hydrogen (secondary N) is 2. The van der Waals surface area contributed by atoms with E-state index in [1.807, 2.05) is 31.2 Å². The van der Waals surface area contributed by atoms with Crippen molar-refractivity contribution in [2.75, 3.05) is 18.0 Å². The fraction of sp³-hybridized carbons (Fsp3) is 0.320. The smallest absolute Gasteiger partial charge is 0.332 e. The Kier molecular flexibility index (Phi) is 4.77. The first-order valence-corrected chi connectivity index (χ1v) is 11.1. The first kappa shape index (κ1) is 20.3. The number of nitrogens with zero attached hydrogens (tertiary/aromatic N) is 2. The van der Waals surface area contributed by atoms with Crippen molar-refractivity contribution in [2.24, 2.45) is 0 Å². The van der Waals surface area contributed by atoms with E-state index >= 15 is 0 Å². The van der Waals surface area contributed by atoms with Crippen LogP contribution in [-0.2, 0) is 16.8 Å². The van der Waals surface area contributed by atoms with Gasteiger partial charge < -0.3 is 15.2 Å². The summed E-state index contributed by atoms with van der Waals surface area (Å²) >= 11 is 0. The number of aromatic nitrogens is 1. The van der Waals surface area contributed by atoms with Gasteiger partial charge in [-0.15, -0.1) is 0 Å². The van der Waals surface area contributed by atoms with Crippen molar-refractivity contribution in [1.29, 1.82) is 0 Å². The lowest BCUT2D eigenvalue weighted by atomic mass is 9.87. The third kappa shape index (κ3) is 2.84. The van der Waals surface area contributed by atoms with Crippen molar-refractivity contribution in [2.45, 2.75) is 38.6 Å². The Bertz CT molecular complexity index is 1250. The highest BCUT2D eigenvalue weighted by atomic mass is 16.2. The van der Waals surface area contributed by atoms with Gasteiger partial charge in [0.05, 0.1) is 11.4 Å². The molecule has 1 fully saturated rings. The van der Waals surface area contributed by atoms with E-state index in [0.29, 0.717) is 30.8 Å².